The Bertz CT molecular complexity index is 288. The van der Waals surface area contributed by atoms with Gasteiger partial charge in [-0.05, 0) is 53.1 Å². The van der Waals surface area contributed by atoms with Gasteiger partial charge in [0.15, 0.2) is 0 Å². The van der Waals surface area contributed by atoms with Crippen LogP contribution in [0.5, 0.6) is 0 Å². The molecule has 0 amide bonds. The molecule has 0 bridgehead atoms. The Morgan fingerprint density at radius 2 is 2.23 bits per heavy atom. The molecule has 3 heteroatoms. The predicted molar refractivity (Wildman–Crippen MR) is 62.5 cm³/mol. The molecule has 0 fully saturated rings. The number of aliphatic hydroxyl groups excluding tert-OH is 1. The first-order chi connectivity index (χ1) is 6.15. The number of halogens is 1. The van der Waals surface area contributed by atoms with Gasteiger partial charge in [0, 0.05) is 16.2 Å². The van der Waals surface area contributed by atoms with Gasteiger partial charge < -0.3 is 10.8 Å². The first-order valence-electron chi connectivity index (χ1n) is 4.27. The SMILES string of the molecule is Cc1ccc([C@@H](N)CCO)cc1I. The van der Waals surface area contributed by atoms with E-state index in [0.29, 0.717) is 6.42 Å². The maximum Gasteiger partial charge on any atom is 0.0449 e. The van der Waals surface area contributed by atoms with Crippen molar-refractivity contribution in [3.8, 4) is 0 Å². The average molecular weight is 291 g/mol. The van der Waals surface area contributed by atoms with E-state index in [0.717, 1.165) is 5.56 Å². The molecule has 1 aromatic rings. The third kappa shape index (κ3) is 2.93. The van der Waals surface area contributed by atoms with Gasteiger partial charge in [0.1, 0.15) is 0 Å². The summed E-state index contributed by atoms with van der Waals surface area (Å²) in [6.07, 6.45) is 0.624. The lowest BCUT2D eigenvalue weighted by atomic mass is 10.0. The molecule has 13 heavy (non-hydrogen) atoms. The molecule has 1 atom stereocenters. The van der Waals surface area contributed by atoms with Crippen molar-refractivity contribution in [3.63, 3.8) is 0 Å². The summed E-state index contributed by atoms with van der Waals surface area (Å²) in [5.74, 6) is 0. The smallest absolute Gasteiger partial charge is 0.0449 e. The van der Waals surface area contributed by atoms with Crippen LogP contribution in [-0.2, 0) is 0 Å². The van der Waals surface area contributed by atoms with Crippen molar-refractivity contribution >= 4 is 22.6 Å². The second-order valence-electron chi connectivity index (χ2n) is 3.13. The topological polar surface area (TPSA) is 46.2 Å². The Morgan fingerprint density at radius 3 is 2.77 bits per heavy atom. The quantitative estimate of drug-likeness (QED) is 0.837. The minimum Gasteiger partial charge on any atom is -0.396 e. The zero-order chi connectivity index (χ0) is 9.84. The Morgan fingerprint density at radius 1 is 1.54 bits per heavy atom. The number of hydrogen-bond donors (Lipinski definition) is 2. The fraction of sp³-hybridized carbons (Fsp3) is 0.400. The molecule has 0 aliphatic carbocycles. The summed E-state index contributed by atoms with van der Waals surface area (Å²) < 4.78 is 1.23. The first kappa shape index (κ1) is 10.9. The zero-order valence-corrected chi connectivity index (χ0v) is 9.78. The highest BCUT2D eigenvalue weighted by atomic mass is 127. The molecule has 0 saturated heterocycles. The van der Waals surface area contributed by atoms with E-state index >= 15 is 0 Å². The minimum absolute atomic E-state index is 0.0425. The number of rotatable bonds is 3. The molecule has 1 rings (SSSR count). The van der Waals surface area contributed by atoms with E-state index in [4.69, 9.17) is 10.8 Å². The molecule has 0 saturated carbocycles. The van der Waals surface area contributed by atoms with Gasteiger partial charge in [0.25, 0.3) is 0 Å². The molecule has 0 heterocycles. The summed E-state index contributed by atoms with van der Waals surface area (Å²) in [5, 5.41) is 8.74. The second kappa shape index (κ2) is 4.93. The van der Waals surface area contributed by atoms with E-state index in [-0.39, 0.29) is 12.6 Å². The van der Waals surface area contributed by atoms with Crippen LogP contribution in [-0.4, -0.2) is 11.7 Å². The van der Waals surface area contributed by atoms with E-state index < -0.39 is 0 Å². The third-order valence-corrected chi connectivity index (χ3v) is 3.23. The number of nitrogens with two attached hydrogens (primary N) is 1. The first-order valence-corrected chi connectivity index (χ1v) is 5.35. The van der Waals surface area contributed by atoms with Crippen molar-refractivity contribution in [2.45, 2.75) is 19.4 Å². The van der Waals surface area contributed by atoms with Crippen LogP contribution < -0.4 is 5.73 Å². The fourth-order valence-electron chi connectivity index (χ4n) is 1.15. The molecule has 0 unspecified atom stereocenters. The van der Waals surface area contributed by atoms with Gasteiger partial charge in [0.2, 0.25) is 0 Å². The summed E-state index contributed by atoms with van der Waals surface area (Å²) in [5.41, 5.74) is 8.23. The Balaban J connectivity index is 2.84. The normalized spacial score (nSPS) is 12.9. The van der Waals surface area contributed by atoms with Gasteiger partial charge in [-0.3, -0.25) is 0 Å². The molecule has 0 aliphatic rings. The van der Waals surface area contributed by atoms with Crippen LogP contribution in [0, 0.1) is 10.5 Å². The van der Waals surface area contributed by atoms with Crippen LogP contribution in [0.2, 0.25) is 0 Å². The second-order valence-corrected chi connectivity index (χ2v) is 4.29. The highest BCUT2D eigenvalue weighted by molar-refractivity contribution is 14.1. The monoisotopic (exact) mass is 291 g/mol. The van der Waals surface area contributed by atoms with E-state index in [2.05, 4.69) is 41.6 Å². The van der Waals surface area contributed by atoms with E-state index in [1.807, 2.05) is 6.07 Å². The standard InChI is InChI=1S/C10H14INO/c1-7-2-3-8(6-9(7)11)10(12)4-5-13/h2-3,6,10,13H,4-5,12H2,1H3/t10-/m0/s1. The number of hydrogen-bond acceptors (Lipinski definition) is 2. The molecule has 3 N–H and O–H groups in total. The van der Waals surface area contributed by atoms with Gasteiger partial charge in [-0.25, -0.2) is 0 Å². The summed E-state index contributed by atoms with van der Waals surface area (Å²) in [4.78, 5) is 0. The zero-order valence-electron chi connectivity index (χ0n) is 7.63. The van der Waals surface area contributed by atoms with Gasteiger partial charge in [-0.1, -0.05) is 12.1 Å². The van der Waals surface area contributed by atoms with Crippen molar-refractivity contribution < 1.29 is 5.11 Å². The Hall–Kier alpha value is -0.130. The van der Waals surface area contributed by atoms with Crippen molar-refractivity contribution in [2.24, 2.45) is 5.73 Å². The fourth-order valence-corrected chi connectivity index (χ4v) is 1.68. The molecule has 72 valence electrons. The molecule has 1 aromatic carbocycles. The van der Waals surface area contributed by atoms with Gasteiger partial charge in [-0.15, -0.1) is 0 Å². The lowest BCUT2D eigenvalue weighted by Gasteiger charge is -2.11. The van der Waals surface area contributed by atoms with Gasteiger partial charge >= 0.3 is 0 Å². The van der Waals surface area contributed by atoms with Crippen molar-refractivity contribution in [1.29, 1.82) is 0 Å². The van der Waals surface area contributed by atoms with E-state index in [1.165, 1.54) is 9.13 Å². The summed E-state index contributed by atoms with van der Waals surface area (Å²) in [7, 11) is 0. The van der Waals surface area contributed by atoms with Crippen molar-refractivity contribution in [1.82, 2.24) is 0 Å². The van der Waals surface area contributed by atoms with Gasteiger partial charge in [0.05, 0.1) is 0 Å². The third-order valence-electron chi connectivity index (χ3n) is 2.06. The predicted octanol–water partition coefficient (Wildman–Crippen LogP) is 1.98. The van der Waals surface area contributed by atoms with Crippen molar-refractivity contribution in [2.75, 3.05) is 6.61 Å². The molecular formula is C10H14INO. The lowest BCUT2D eigenvalue weighted by Crippen LogP contribution is -2.12. The highest BCUT2D eigenvalue weighted by Gasteiger charge is 2.05. The summed E-state index contributed by atoms with van der Waals surface area (Å²) in [6, 6.07) is 6.13. The van der Waals surface area contributed by atoms with Crippen molar-refractivity contribution in [3.05, 3.63) is 32.9 Å². The number of aryl methyl sites for hydroxylation is 1. The molecule has 0 spiro atoms. The van der Waals surface area contributed by atoms with E-state index in [1.54, 1.807) is 0 Å². The molecule has 0 aliphatic heterocycles. The van der Waals surface area contributed by atoms with Gasteiger partial charge in [-0.2, -0.15) is 0 Å². The van der Waals surface area contributed by atoms with Crippen LogP contribution in [0.3, 0.4) is 0 Å². The average Bonchev–Trinajstić information content (AvgIpc) is 2.10. The van der Waals surface area contributed by atoms with Crippen LogP contribution in [0.1, 0.15) is 23.6 Å². The molecule has 0 radical (unpaired) electrons. The maximum atomic E-state index is 8.74. The molecule has 2 nitrogen and oxygen atoms in total. The number of aliphatic hydroxyl groups is 1. The Labute approximate surface area is 92.3 Å². The van der Waals surface area contributed by atoms with Crippen LogP contribution in [0.15, 0.2) is 18.2 Å². The number of benzene rings is 1. The lowest BCUT2D eigenvalue weighted by molar-refractivity contribution is 0.276. The highest BCUT2D eigenvalue weighted by Crippen LogP contribution is 2.19. The van der Waals surface area contributed by atoms with E-state index in [9.17, 15) is 0 Å². The largest absolute Gasteiger partial charge is 0.396 e. The Kier molecular flexibility index (Phi) is 4.15. The molecular weight excluding hydrogens is 277 g/mol. The molecule has 0 aromatic heterocycles. The minimum atomic E-state index is -0.0425. The summed E-state index contributed by atoms with van der Waals surface area (Å²) >= 11 is 2.29. The van der Waals surface area contributed by atoms with Crippen LogP contribution >= 0.6 is 22.6 Å². The van der Waals surface area contributed by atoms with Crippen LogP contribution in [0.25, 0.3) is 0 Å². The van der Waals surface area contributed by atoms with Crippen LogP contribution in [0.4, 0.5) is 0 Å². The maximum absolute atomic E-state index is 8.74. The summed E-state index contributed by atoms with van der Waals surface area (Å²) in [6.45, 7) is 2.22.